The summed E-state index contributed by atoms with van der Waals surface area (Å²) in [7, 11) is 1.75. The molecule has 68 valence electrons. The zero-order valence-corrected chi connectivity index (χ0v) is 8.77. The van der Waals surface area contributed by atoms with Gasteiger partial charge in [0.2, 0.25) is 5.16 Å². The van der Waals surface area contributed by atoms with E-state index in [0.29, 0.717) is 15.3 Å². The summed E-state index contributed by atoms with van der Waals surface area (Å²) in [6, 6.07) is 0. The van der Waals surface area contributed by atoms with Crippen LogP contribution >= 0.6 is 35.1 Å². The van der Waals surface area contributed by atoms with Gasteiger partial charge in [-0.3, -0.25) is 0 Å². The zero-order chi connectivity index (χ0) is 9.26. The molecule has 0 saturated heterocycles. The summed E-state index contributed by atoms with van der Waals surface area (Å²) in [6.45, 7) is 0. The molecule has 0 bridgehead atoms. The Labute approximate surface area is 86.6 Å². The van der Waals surface area contributed by atoms with Crippen molar-refractivity contribution in [2.75, 3.05) is 0 Å². The fourth-order valence-electron chi connectivity index (χ4n) is 0.625. The third-order valence-corrected chi connectivity index (χ3v) is 3.32. The second-order valence-electron chi connectivity index (χ2n) is 2.05. The van der Waals surface area contributed by atoms with Crippen molar-refractivity contribution in [2.45, 2.75) is 10.2 Å². The van der Waals surface area contributed by atoms with Gasteiger partial charge in [-0.1, -0.05) is 11.6 Å². The molecule has 0 amide bonds. The maximum Gasteiger partial charge on any atom is 0.215 e. The summed E-state index contributed by atoms with van der Waals surface area (Å²) in [6.07, 6.45) is 0. The first kappa shape index (κ1) is 8.85. The van der Waals surface area contributed by atoms with Crippen LogP contribution in [-0.2, 0) is 7.05 Å². The van der Waals surface area contributed by atoms with E-state index in [2.05, 4.69) is 24.3 Å². The first-order chi connectivity index (χ1) is 6.27. The van der Waals surface area contributed by atoms with Gasteiger partial charge in [-0.2, -0.15) is 8.75 Å². The predicted octanol–water partition coefficient (Wildman–Crippen LogP) is 0.866. The standard InChI is InChI=1S/C4H3ClN6S2/c1-11-4(6-9-10-11)12-3-2(5)7-13-8-3/h1H3. The lowest BCUT2D eigenvalue weighted by Crippen LogP contribution is -1.92. The predicted molar refractivity (Wildman–Crippen MR) is 47.8 cm³/mol. The topological polar surface area (TPSA) is 69.4 Å². The largest absolute Gasteiger partial charge is 0.223 e. The SMILES string of the molecule is Cn1nnnc1Sc1nsnc1Cl. The summed E-state index contributed by atoms with van der Waals surface area (Å²) in [5.74, 6) is 0. The highest BCUT2D eigenvalue weighted by Crippen LogP contribution is 2.29. The molecule has 0 N–H and O–H groups in total. The Balaban J connectivity index is 2.24. The Morgan fingerprint density at radius 1 is 1.46 bits per heavy atom. The van der Waals surface area contributed by atoms with Crippen LogP contribution in [0.3, 0.4) is 0 Å². The Morgan fingerprint density at radius 2 is 2.31 bits per heavy atom. The minimum atomic E-state index is 0.387. The number of aromatic nitrogens is 6. The van der Waals surface area contributed by atoms with Crippen molar-refractivity contribution in [2.24, 2.45) is 7.05 Å². The molecule has 0 aliphatic heterocycles. The summed E-state index contributed by atoms with van der Waals surface area (Å²) in [5.41, 5.74) is 0. The molecular formula is C4H3ClN6S2. The highest BCUT2D eigenvalue weighted by Gasteiger charge is 2.11. The number of hydrogen-bond acceptors (Lipinski definition) is 7. The van der Waals surface area contributed by atoms with Crippen LogP contribution in [0, 0.1) is 0 Å². The van der Waals surface area contributed by atoms with Crippen molar-refractivity contribution < 1.29 is 0 Å². The first-order valence-corrected chi connectivity index (χ1v) is 5.08. The molecule has 0 saturated carbocycles. The molecule has 13 heavy (non-hydrogen) atoms. The summed E-state index contributed by atoms with van der Waals surface area (Å²) >= 11 is 8.10. The fraction of sp³-hybridized carbons (Fsp3) is 0.250. The van der Waals surface area contributed by atoms with Crippen molar-refractivity contribution in [3.8, 4) is 0 Å². The maximum atomic E-state index is 5.75. The number of halogens is 1. The third kappa shape index (κ3) is 1.79. The molecule has 0 aromatic carbocycles. The second kappa shape index (κ2) is 3.56. The summed E-state index contributed by atoms with van der Waals surface area (Å²) in [5, 5.41) is 12.6. The van der Waals surface area contributed by atoms with Gasteiger partial charge in [-0.25, -0.2) is 4.68 Å². The number of nitrogens with zero attached hydrogens (tertiary/aromatic N) is 6. The van der Waals surface area contributed by atoms with Gasteiger partial charge in [0, 0.05) is 7.05 Å². The van der Waals surface area contributed by atoms with Gasteiger partial charge in [0.15, 0.2) is 10.2 Å². The average molecular weight is 235 g/mol. The van der Waals surface area contributed by atoms with Crippen LogP contribution in [0.2, 0.25) is 5.15 Å². The van der Waals surface area contributed by atoms with Crippen molar-refractivity contribution in [3.05, 3.63) is 5.15 Å². The van der Waals surface area contributed by atoms with Crippen molar-refractivity contribution >= 4 is 35.1 Å². The molecular weight excluding hydrogens is 232 g/mol. The van der Waals surface area contributed by atoms with Crippen LogP contribution in [0.4, 0.5) is 0 Å². The van der Waals surface area contributed by atoms with Crippen LogP contribution in [-0.4, -0.2) is 29.0 Å². The Morgan fingerprint density at radius 3 is 2.85 bits per heavy atom. The Kier molecular flexibility index (Phi) is 2.42. The van der Waals surface area contributed by atoms with E-state index in [1.165, 1.54) is 11.8 Å². The van der Waals surface area contributed by atoms with Crippen LogP contribution in [0.15, 0.2) is 10.2 Å². The van der Waals surface area contributed by atoms with E-state index in [1.54, 1.807) is 11.7 Å². The van der Waals surface area contributed by atoms with Crippen molar-refractivity contribution in [1.29, 1.82) is 0 Å². The van der Waals surface area contributed by atoms with E-state index in [9.17, 15) is 0 Å². The molecule has 2 rings (SSSR count). The molecule has 6 nitrogen and oxygen atoms in total. The molecule has 2 heterocycles. The summed E-state index contributed by atoms with van der Waals surface area (Å²) < 4.78 is 9.35. The lowest BCUT2D eigenvalue weighted by Gasteiger charge is -1.93. The van der Waals surface area contributed by atoms with E-state index >= 15 is 0 Å². The molecule has 2 aromatic rings. The van der Waals surface area contributed by atoms with E-state index in [4.69, 9.17) is 11.6 Å². The average Bonchev–Trinajstić information content (AvgIpc) is 2.65. The first-order valence-electron chi connectivity index (χ1n) is 3.15. The van der Waals surface area contributed by atoms with Gasteiger partial charge in [-0.05, 0) is 22.2 Å². The molecule has 0 fully saturated rings. The number of aryl methyl sites for hydroxylation is 1. The van der Waals surface area contributed by atoms with Gasteiger partial charge < -0.3 is 0 Å². The zero-order valence-electron chi connectivity index (χ0n) is 6.38. The maximum absolute atomic E-state index is 5.75. The molecule has 0 aliphatic rings. The van der Waals surface area contributed by atoms with E-state index in [0.717, 1.165) is 11.7 Å². The highest BCUT2D eigenvalue weighted by atomic mass is 35.5. The molecule has 0 unspecified atom stereocenters. The van der Waals surface area contributed by atoms with Gasteiger partial charge in [0.05, 0.1) is 11.7 Å². The molecule has 2 aromatic heterocycles. The fourth-order valence-corrected chi connectivity index (χ4v) is 2.14. The Bertz CT molecular complexity index is 372. The Hall–Kier alpha value is -0.730. The minimum Gasteiger partial charge on any atom is -0.223 e. The number of rotatable bonds is 2. The van der Waals surface area contributed by atoms with Gasteiger partial charge in [0.1, 0.15) is 0 Å². The van der Waals surface area contributed by atoms with E-state index < -0.39 is 0 Å². The summed E-state index contributed by atoms with van der Waals surface area (Å²) in [4.78, 5) is 0. The highest BCUT2D eigenvalue weighted by molar-refractivity contribution is 7.99. The van der Waals surface area contributed by atoms with E-state index in [-0.39, 0.29) is 0 Å². The monoisotopic (exact) mass is 234 g/mol. The smallest absolute Gasteiger partial charge is 0.215 e. The third-order valence-electron chi connectivity index (χ3n) is 1.19. The van der Waals surface area contributed by atoms with Crippen LogP contribution < -0.4 is 0 Å². The van der Waals surface area contributed by atoms with Crippen molar-refractivity contribution in [1.82, 2.24) is 29.0 Å². The second-order valence-corrected chi connectivity index (χ2v) is 3.89. The lowest BCUT2D eigenvalue weighted by molar-refractivity contribution is 0.664. The molecule has 0 radical (unpaired) electrons. The van der Waals surface area contributed by atoms with Gasteiger partial charge in [-0.15, -0.1) is 5.10 Å². The van der Waals surface area contributed by atoms with Gasteiger partial charge in [0.25, 0.3) is 0 Å². The minimum absolute atomic E-state index is 0.387. The van der Waals surface area contributed by atoms with Gasteiger partial charge >= 0.3 is 0 Å². The molecule has 9 heteroatoms. The van der Waals surface area contributed by atoms with E-state index in [1.807, 2.05) is 0 Å². The molecule has 0 spiro atoms. The number of tetrazole rings is 1. The molecule has 0 atom stereocenters. The quantitative estimate of drug-likeness (QED) is 0.768. The lowest BCUT2D eigenvalue weighted by atomic mass is 10.9. The van der Waals surface area contributed by atoms with Crippen LogP contribution in [0.1, 0.15) is 0 Å². The van der Waals surface area contributed by atoms with Crippen LogP contribution in [0.25, 0.3) is 0 Å². The molecule has 0 aliphatic carbocycles. The van der Waals surface area contributed by atoms with Crippen molar-refractivity contribution in [3.63, 3.8) is 0 Å². The number of hydrogen-bond donors (Lipinski definition) is 0. The normalized spacial score (nSPS) is 10.6. The van der Waals surface area contributed by atoms with Crippen LogP contribution in [0.5, 0.6) is 0 Å².